The molecule has 0 bridgehead atoms. The Morgan fingerprint density at radius 2 is 1.72 bits per heavy atom. The summed E-state index contributed by atoms with van der Waals surface area (Å²) in [6, 6.07) is 0. The number of hydrogen-bond acceptors (Lipinski definition) is 9. The monoisotopic (exact) mass is 276 g/mol. The molecule has 4 atom stereocenters. The number of rotatable bonds is 7. The number of hydrogen-bond donors (Lipinski definition) is 4. The van der Waals surface area contributed by atoms with Gasteiger partial charge in [-0.2, -0.15) is 4.89 Å². The molecule has 0 fully saturated rings. The summed E-state index contributed by atoms with van der Waals surface area (Å²) in [6.45, 7) is 0.00325. The summed E-state index contributed by atoms with van der Waals surface area (Å²) >= 11 is 0. The maximum atomic E-state index is 10.5. The molecule has 0 heterocycles. The van der Waals surface area contributed by atoms with Crippen LogP contribution in [0.15, 0.2) is 0 Å². The number of carbonyl (C=O) groups excluding carboxylic acids is 2. The molecule has 0 unspecified atom stereocenters. The molecule has 0 aromatic heterocycles. The Labute approximate surface area is 124 Å². The molecular weight excluding hydrogens is 263 g/mol. The molecule has 0 spiro atoms. The molecule has 0 aliphatic carbocycles. The van der Waals surface area contributed by atoms with Gasteiger partial charge in [-0.1, -0.05) is 0 Å². The maximum absolute atomic E-state index is 10.5. The van der Waals surface area contributed by atoms with Gasteiger partial charge < -0.3 is 30.3 Å². The van der Waals surface area contributed by atoms with Crippen molar-refractivity contribution in [2.24, 2.45) is 0 Å². The Hall–Kier alpha value is -0.260. The van der Waals surface area contributed by atoms with Gasteiger partial charge in [-0.3, -0.25) is 4.89 Å². The molecule has 0 radical (unpaired) electrons. The second kappa shape index (κ2) is 9.64. The zero-order valence-electron chi connectivity index (χ0n) is 9.85. The first-order valence-corrected chi connectivity index (χ1v) is 4.51. The van der Waals surface area contributed by atoms with Crippen LogP contribution in [0, 0.1) is 0 Å². The molecule has 4 N–H and O–H groups in total. The minimum absolute atomic E-state index is 0. The third kappa shape index (κ3) is 6.61. The van der Waals surface area contributed by atoms with Gasteiger partial charge in [0.25, 0.3) is 0 Å². The van der Waals surface area contributed by atoms with Crippen molar-refractivity contribution in [3.63, 3.8) is 0 Å². The zero-order valence-corrected chi connectivity index (χ0v) is 11.8. The third-order valence-electron chi connectivity index (χ3n) is 1.74. The van der Waals surface area contributed by atoms with E-state index in [4.69, 9.17) is 10.2 Å². The second-order valence-electron chi connectivity index (χ2n) is 3.14. The second-order valence-corrected chi connectivity index (χ2v) is 3.14. The van der Waals surface area contributed by atoms with Crippen LogP contribution in [0.25, 0.3) is 0 Å². The van der Waals surface area contributed by atoms with E-state index >= 15 is 0 Å². The molecule has 100 valence electrons. The topological polar surface area (TPSA) is 157 Å². The minimum Gasteiger partial charge on any atom is -0.547 e. The third-order valence-corrected chi connectivity index (χ3v) is 1.74. The Kier molecular flexibility index (Phi) is 10.7. The number of aliphatic hydroxyl groups is 4. The molecule has 0 aromatic rings. The first kappa shape index (κ1) is 20.1. The van der Waals surface area contributed by atoms with Gasteiger partial charge in [0.15, 0.2) is 6.10 Å². The number of carbonyl (C=O) groups is 2. The summed E-state index contributed by atoms with van der Waals surface area (Å²) in [6.07, 6.45) is -8.15. The molecule has 18 heavy (non-hydrogen) atoms. The first-order chi connectivity index (χ1) is 7.81. The summed E-state index contributed by atoms with van der Waals surface area (Å²) in [4.78, 5) is 28.8. The van der Waals surface area contributed by atoms with E-state index in [0.717, 1.165) is 6.92 Å². The van der Waals surface area contributed by atoms with Gasteiger partial charge in [0.1, 0.15) is 18.3 Å². The Morgan fingerprint density at radius 3 is 2.06 bits per heavy atom. The molecular formula is C8H13NaO9. The quantitative estimate of drug-likeness (QED) is 0.201. The number of carboxylic acids is 1. The SMILES string of the molecule is CC(=O)OO[C@@H](C(=O)[O-])[C@@H](O)[C@H](O)[C@H](O)CO.[Na+]. The van der Waals surface area contributed by atoms with Crippen molar-refractivity contribution < 1.29 is 74.5 Å². The summed E-state index contributed by atoms with van der Waals surface area (Å²) in [5.41, 5.74) is 0. The van der Waals surface area contributed by atoms with Crippen molar-refractivity contribution in [2.45, 2.75) is 31.3 Å². The largest absolute Gasteiger partial charge is 1.00 e. The summed E-state index contributed by atoms with van der Waals surface area (Å²) < 4.78 is 0. The van der Waals surface area contributed by atoms with Gasteiger partial charge in [-0.15, -0.1) is 0 Å². The molecule has 0 saturated heterocycles. The van der Waals surface area contributed by atoms with E-state index in [0.29, 0.717) is 0 Å². The molecule has 0 saturated carbocycles. The summed E-state index contributed by atoms with van der Waals surface area (Å²) in [5.74, 6) is -2.96. The average molecular weight is 276 g/mol. The Balaban J connectivity index is 0. The summed E-state index contributed by atoms with van der Waals surface area (Å²) in [5, 5.41) is 46.5. The predicted octanol–water partition coefficient (Wildman–Crippen LogP) is -7.32. The Bertz CT molecular complexity index is 271. The van der Waals surface area contributed by atoms with E-state index in [-0.39, 0.29) is 29.6 Å². The fraction of sp³-hybridized carbons (Fsp3) is 0.750. The molecule has 10 heteroatoms. The van der Waals surface area contributed by atoms with Crippen LogP contribution in [-0.2, 0) is 19.4 Å². The van der Waals surface area contributed by atoms with E-state index in [1.165, 1.54) is 0 Å². The fourth-order valence-corrected chi connectivity index (χ4v) is 0.870. The van der Waals surface area contributed by atoms with Crippen molar-refractivity contribution in [1.82, 2.24) is 0 Å². The van der Waals surface area contributed by atoms with E-state index in [1.54, 1.807) is 0 Å². The van der Waals surface area contributed by atoms with Crippen molar-refractivity contribution in [1.29, 1.82) is 0 Å². The van der Waals surface area contributed by atoms with Crippen LogP contribution < -0.4 is 34.7 Å². The van der Waals surface area contributed by atoms with Crippen LogP contribution in [0.5, 0.6) is 0 Å². The van der Waals surface area contributed by atoms with Crippen molar-refractivity contribution in [3.05, 3.63) is 0 Å². The summed E-state index contributed by atoms with van der Waals surface area (Å²) in [7, 11) is 0. The molecule has 9 nitrogen and oxygen atoms in total. The van der Waals surface area contributed by atoms with Gasteiger partial charge >= 0.3 is 35.5 Å². The van der Waals surface area contributed by atoms with Gasteiger partial charge in [0, 0.05) is 6.92 Å². The van der Waals surface area contributed by atoms with Gasteiger partial charge in [-0.05, 0) is 0 Å². The maximum Gasteiger partial charge on any atom is 1.00 e. The van der Waals surface area contributed by atoms with Crippen LogP contribution in [0.1, 0.15) is 6.92 Å². The van der Waals surface area contributed by atoms with Gasteiger partial charge in [0.2, 0.25) is 0 Å². The number of carboxylic acid groups (broad SMARTS) is 1. The van der Waals surface area contributed by atoms with E-state index in [1.807, 2.05) is 0 Å². The van der Waals surface area contributed by atoms with Crippen LogP contribution in [-0.4, -0.2) is 63.4 Å². The number of aliphatic carboxylic acids is 1. The molecule has 0 aliphatic rings. The van der Waals surface area contributed by atoms with Crippen LogP contribution in [0.4, 0.5) is 0 Å². The Morgan fingerprint density at radius 1 is 1.22 bits per heavy atom. The molecule has 0 amide bonds. The molecule has 0 aromatic carbocycles. The van der Waals surface area contributed by atoms with Crippen molar-refractivity contribution in [3.8, 4) is 0 Å². The van der Waals surface area contributed by atoms with Crippen molar-refractivity contribution in [2.75, 3.05) is 6.61 Å². The van der Waals surface area contributed by atoms with E-state index < -0.39 is 43.0 Å². The molecule has 0 aliphatic heterocycles. The van der Waals surface area contributed by atoms with Gasteiger partial charge in [0.05, 0.1) is 12.6 Å². The average Bonchev–Trinajstić information content (AvgIpc) is 2.25. The smallest absolute Gasteiger partial charge is 0.547 e. The van der Waals surface area contributed by atoms with Gasteiger partial charge in [-0.25, -0.2) is 4.79 Å². The molecule has 0 rings (SSSR count). The fourth-order valence-electron chi connectivity index (χ4n) is 0.870. The van der Waals surface area contributed by atoms with Crippen molar-refractivity contribution >= 4 is 11.9 Å². The van der Waals surface area contributed by atoms with Crippen LogP contribution >= 0.6 is 0 Å². The van der Waals surface area contributed by atoms with E-state index in [2.05, 4.69) is 9.78 Å². The van der Waals surface area contributed by atoms with Crippen LogP contribution in [0.2, 0.25) is 0 Å². The first-order valence-electron chi connectivity index (χ1n) is 4.51. The minimum atomic E-state index is -2.20. The number of aliphatic hydroxyl groups excluding tert-OH is 4. The zero-order chi connectivity index (χ0) is 13.6. The van der Waals surface area contributed by atoms with E-state index in [9.17, 15) is 24.9 Å². The normalized spacial score (nSPS) is 16.9. The standard InChI is InChI=1S/C8H14O9.Na/c1-3(10)16-17-7(8(14)15)6(13)5(12)4(11)2-9;/h4-7,9,11-13H,2H2,1H3,(H,14,15);/q;+1/p-1/t4-,5-,6+,7-;/m1./s1. The predicted molar refractivity (Wildman–Crippen MR) is 46.8 cm³/mol. The van der Waals surface area contributed by atoms with Crippen LogP contribution in [0.3, 0.4) is 0 Å².